The maximum absolute atomic E-state index is 13.5. The minimum absolute atomic E-state index is 0.126. The summed E-state index contributed by atoms with van der Waals surface area (Å²) in [6, 6.07) is 16.3. The fourth-order valence-corrected chi connectivity index (χ4v) is 5.37. The minimum Gasteiger partial charge on any atom is -0.398 e. The molecular formula is C28H16N4O4. The van der Waals surface area contributed by atoms with Crippen LogP contribution in [-0.2, 0) is 0 Å². The summed E-state index contributed by atoms with van der Waals surface area (Å²) < 4.78 is 0. The van der Waals surface area contributed by atoms with Crippen LogP contribution in [0.15, 0.2) is 79.8 Å². The van der Waals surface area contributed by atoms with Gasteiger partial charge in [-0.05, 0) is 12.1 Å². The van der Waals surface area contributed by atoms with E-state index < -0.39 is 0 Å². The van der Waals surface area contributed by atoms with Crippen molar-refractivity contribution in [3.63, 3.8) is 0 Å². The van der Waals surface area contributed by atoms with Crippen LogP contribution in [0.2, 0.25) is 0 Å². The summed E-state index contributed by atoms with van der Waals surface area (Å²) in [6.45, 7) is 0. The standard InChI is InChI=1S/C28H16N4O4/c29-15-9-17-23(21-19(15)25(33)11-5-1-3-7-13(11)27(21)35)31-18-10-16(30)20-22(24(18)32-17)28(36)14-8-4-2-6-12(14)26(20)34/h1-10,31-32H,29-30H2. The Morgan fingerprint density at radius 1 is 0.472 bits per heavy atom. The van der Waals surface area contributed by atoms with Gasteiger partial charge in [0.1, 0.15) is 0 Å². The number of nitrogen functional groups attached to an aromatic ring is 2. The Bertz CT molecular complexity index is 2200. The van der Waals surface area contributed by atoms with Crippen molar-refractivity contribution in [3.05, 3.63) is 102 Å². The number of rotatable bonds is 0. The zero-order chi connectivity index (χ0) is 24.9. The number of nitrogens with two attached hydrogens (primary N) is 2. The van der Waals surface area contributed by atoms with E-state index in [1.54, 1.807) is 60.7 Å². The second-order valence-electron chi connectivity index (χ2n) is 8.93. The first-order valence-electron chi connectivity index (χ1n) is 11.2. The number of anilines is 2. The summed E-state index contributed by atoms with van der Waals surface area (Å²) in [5.41, 5.74) is 13.0. The molecule has 172 valence electrons. The molecule has 6 aromatic carbocycles. The van der Waals surface area contributed by atoms with Crippen LogP contribution in [0.4, 0.5) is 11.4 Å². The molecule has 0 saturated heterocycles. The van der Waals surface area contributed by atoms with Crippen LogP contribution in [0.25, 0.3) is 65.2 Å². The highest BCUT2D eigenvalue weighted by Gasteiger charge is 2.20. The highest BCUT2D eigenvalue weighted by molar-refractivity contribution is 6.18. The second kappa shape index (κ2) is 6.67. The number of benzene rings is 6. The van der Waals surface area contributed by atoms with Crippen LogP contribution in [0, 0.1) is 0 Å². The van der Waals surface area contributed by atoms with Crippen LogP contribution in [0.1, 0.15) is 0 Å². The molecule has 0 aliphatic rings. The lowest BCUT2D eigenvalue weighted by Gasteiger charge is -2.13. The van der Waals surface area contributed by atoms with Gasteiger partial charge in [0, 0.05) is 32.9 Å². The van der Waals surface area contributed by atoms with E-state index in [1.165, 1.54) is 0 Å². The number of aromatic nitrogens is 2. The molecular weight excluding hydrogens is 456 g/mol. The van der Waals surface area contributed by atoms with Crippen LogP contribution >= 0.6 is 0 Å². The lowest BCUT2D eigenvalue weighted by atomic mass is 9.98. The average Bonchev–Trinajstić information content (AvgIpc) is 2.88. The van der Waals surface area contributed by atoms with Crippen molar-refractivity contribution in [1.82, 2.24) is 9.97 Å². The van der Waals surface area contributed by atoms with Gasteiger partial charge in [0.15, 0.2) is 21.7 Å². The average molecular weight is 472 g/mol. The van der Waals surface area contributed by atoms with E-state index in [0.717, 1.165) is 0 Å². The molecule has 7 aromatic rings. The van der Waals surface area contributed by atoms with Crippen molar-refractivity contribution < 1.29 is 0 Å². The number of fused-ring (bicyclic) bond motifs is 8. The van der Waals surface area contributed by atoms with Gasteiger partial charge < -0.3 is 21.4 Å². The molecule has 0 radical (unpaired) electrons. The third kappa shape index (κ3) is 2.37. The molecule has 1 aromatic heterocycles. The van der Waals surface area contributed by atoms with E-state index in [1.807, 2.05) is 0 Å². The first-order chi connectivity index (χ1) is 17.4. The molecule has 0 spiro atoms. The topological polar surface area (TPSA) is 152 Å². The van der Waals surface area contributed by atoms with Crippen LogP contribution in [0.5, 0.6) is 0 Å². The van der Waals surface area contributed by atoms with Gasteiger partial charge >= 0.3 is 0 Å². The number of H-pyrrole nitrogens is 2. The van der Waals surface area contributed by atoms with Gasteiger partial charge in [-0.2, -0.15) is 0 Å². The highest BCUT2D eigenvalue weighted by atomic mass is 16.1. The van der Waals surface area contributed by atoms with Gasteiger partial charge in [0.05, 0.1) is 43.6 Å². The second-order valence-corrected chi connectivity index (χ2v) is 8.93. The molecule has 0 aliphatic carbocycles. The summed E-state index contributed by atoms with van der Waals surface area (Å²) in [7, 11) is 0. The quantitative estimate of drug-likeness (QED) is 0.151. The van der Waals surface area contributed by atoms with Gasteiger partial charge in [0.25, 0.3) is 0 Å². The van der Waals surface area contributed by atoms with Gasteiger partial charge in [-0.1, -0.05) is 48.5 Å². The zero-order valence-electron chi connectivity index (χ0n) is 18.6. The molecule has 0 fully saturated rings. The maximum Gasteiger partial charge on any atom is 0.196 e. The summed E-state index contributed by atoms with van der Waals surface area (Å²) in [6.07, 6.45) is 0. The largest absolute Gasteiger partial charge is 0.398 e. The molecule has 0 atom stereocenters. The molecule has 0 saturated carbocycles. The Morgan fingerprint density at radius 2 is 0.778 bits per heavy atom. The van der Waals surface area contributed by atoms with E-state index in [2.05, 4.69) is 9.97 Å². The Morgan fingerprint density at radius 3 is 1.11 bits per heavy atom. The smallest absolute Gasteiger partial charge is 0.196 e. The van der Waals surface area contributed by atoms with E-state index in [-0.39, 0.29) is 65.4 Å². The van der Waals surface area contributed by atoms with Crippen molar-refractivity contribution in [2.75, 3.05) is 11.5 Å². The van der Waals surface area contributed by atoms with Crippen molar-refractivity contribution in [2.24, 2.45) is 0 Å². The molecule has 8 heteroatoms. The summed E-state index contributed by atoms with van der Waals surface area (Å²) >= 11 is 0. The zero-order valence-corrected chi connectivity index (χ0v) is 18.6. The fourth-order valence-electron chi connectivity index (χ4n) is 5.37. The van der Waals surface area contributed by atoms with Gasteiger partial charge in [-0.15, -0.1) is 0 Å². The Kier molecular flexibility index (Phi) is 3.73. The van der Waals surface area contributed by atoms with Crippen molar-refractivity contribution >= 4 is 76.5 Å². The van der Waals surface area contributed by atoms with E-state index in [0.29, 0.717) is 32.8 Å². The lowest BCUT2D eigenvalue weighted by Crippen LogP contribution is -2.16. The highest BCUT2D eigenvalue weighted by Crippen LogP contribution is 2.31. The van der Waals surface area contributed by atoms with E-state index in [4.69, 9.17) is 11.5 Å². The summed E-state index contributed by atoms with van der Waals surface area (Å²) in [4.78, 5) is 60.0. The monoisotopic (exact) mass is 472 g/mol. The lowest BCUT2D eigenvalue weighted by molar-refractivity contribution is 1.41. The number of hydrogen-bond acceptors (Lipinski definition) is 6. The third-order valence-corrected chi connectivity index (χ3v) is 6.98. The molecule has 0 bridgehead atoms. The van der Waals surface area contributed by atoms with Gasteiger partial charge in [-0.3, -0.25) is 19.2 Å². The summed E-state index contributed by atoms with van der Waals surface area (Å²) in [5.74, 6) is 0. The molecule has 1 heterocycles. The fraction of sp³-hybridized carbons (Fsp3) is 0. The van der Waals surface area contributed by atoms with Crippen LogP contribution in [-0.4, -0.2) is 9.97 Å². The van der Waals surface area contributed by atoms with Crippen LogP contribution in [0.3, 0.4) is 0 Å². The number of nitrogens with one attached hydrogen (secondary N) is 2. The van der Waals surface area contributed by atoms with Gasteiger partial charge in [-0.25, -0.2) is 0 Å². The van der Waals surface area contributed by atoms with E-state index in [9.17, 15) is 19.2 Å². The first-order valence-corrected chi connectivity index (χ1v) is 11.2. The molecule has 7 rings (SSSR count). The molecule has 0 unspecified atom stereocenters. The van der Waals surface area contributed by atoms with E-state index >= 15 is 0 Å². The predicted octanol–water partition coefficient (Wildman–Crippen LogP) is 3.31. The Hall–Kier alpha value is -5.24. The molecule has 0 amide bonds. The normalized spacial score (nSPS) is 12.0. The predicted molar refractivity (Wildman–Crippen MR) is 145 cm³/mol. The summed E-state index contributed by atoms with van der Waals surface area (Å²) in [5, 5.41) is 1.73. The van der Waals surface area contributed by atoms with Crippen molar-refractivity contribution in [2.45, 2.75) is 0 Å². The third-order valence-electron chi connectivity index (χ3n) is 6.98. The minimum atomic E-state index is -0.340. The van der Waals surface area contributed by atoms with Crippen molar-refractivity contribution in [1.29, 1.82) is 0 Å². The Balaban J connectivity index is 1.77. The molecule has 8 nitrogen and oxygen atoms in total. The maximum atomic E-state index is 13.5. The van der Waals surface area contributed by atoms with Crippen LogP contribution < -0.4 is 33.2 Å². The number of hydrogen-bond donors (Lipinski definition) is 4. The van der Waals surface area contributed by atoms with Crippen molar-refractivity contribution in [3.8, 4) is 0 Å². The molecule has 6 N–H and O–H groups in total. The Labute approximate surface area is 199 Å². The SMILES string of the molecule is Nc1cc2[nH]c3c(cc(N)c4c(=O)c5ccccc5c(=O)c43)[nH]c2c2c(=O)c3ccccc3c(=O)c12. The molecule has 36 heavy (non-hydrogen) atoms. The van der Waals surface area contributed by atoms with Gasteiger partial charge in [0.2, 0.25) is 0 Å². The molecule has 0 aliphatic heterocycles. The number of aromatic amines is 2. The first kappa shape index (κ1) is 20.2.